The molecule has 134 valence electrons. The van der Waals surface area contributed by atoms with Crippen LogP contribution in [-0.2, 0) is 0 Å². The van der Waals surface area contributed by atoms with E-state index in [-0.39, 0.29) is 35.5 Å². The van der Waals surface area contributed by atoms with Gasteiger partial charge < -0.3 is 5.32 Å². The highest BCUT2D eigenvalue weighted by Crippen LogP contribution is 2.51. The number of nitrogens with zero attached hydrogens (tertiary/aromatic N) is 1. The molecule has 2 fully saturated rings. The highest BCUT2D eigenvalue weighted by atomic mass is 35.5. The number of alkyl halides is 2. The van der Waals surface area contributed by atoms with Gasteiger partial charge in [0.15, 0.2) is 0 Å². The molecule has 3 atom stereocenters. The topological polar surface area (TPSA) is 15.3 Å². The standard InChI is InChI=1S/C17H21ClF4N2/c1-9-8-24(10(2)7-23-9)16(11-5-17(21,22)6-11)12-3-15(20)13(18)4-14(12)19/h3-4,9-11,16,23H,5-8H2,1-2H3/t9-,10+,16?/m0/s1. The molecule has 1 aromatic rings. The fourth-order valence-electron chi connectivity index (χ4n) is 3.84. The van der Waals surface area contributed by atoms with Crippen LogP contribution in [0.15, 0.2) is 12.1 Å². The third-order valence-corrected chi connectivity index (χ3v) is 5.39. The molecule has 1 aromatic carbocycles. The van der Waals surface area contributed by atoms with Gasteiger partial charge in [0, 0.05) is 49.6 Å². The van der Waals surface area contributed by atoms with E-state index in [0.29, 0.717) is 13.1 Å². The number of halogens is 5. The summed E-state index contributed by atoms with van der Waals surface area (Å²) >= 11 is 5.64. The van der Waals surface area contributed by atoms with Crippen LogP contribution < -0.4 is 5.32 Å². The van der Waals surface area contributed by atoms with Crippen LogP contribution in [0.2, 0.25) is 5.02 Å². The number of hydrogen-bond donors (Lipinski definition) is 1. The van der Waals surface area contributed by atoms with E-state index in [1.165, 1.54) is 0 Å². The minimum absolute atomic E-state index is 0.0403. The minimum Gasteiger partial charge on any atom is -0.311 e. The molecule has 1 N–H and O–H groups in total. The Morgan fingerprint density at radius 2 is 1.88 bits per heavy atom. The van der Waals surface area contributed by atoms with E-state index in [1.807, 2.05) is 18.7 Å². The number of piperazine rings is 1. The van der Waals surface area contributed by atoms with Crippen molar-refractivity contribution >= 4 is 11.6 Å². The summed E-state index contributed by atoms with van der Waals surface area (Å²) in [5, 5.41) is 3.02. The van der Waals surface area contributed by atoms with Crippen molar-refractivity contribution in [2.45, 2.75) is 50.7 Å². The molecule has 0 spiro atoms. The van der Waals surface area contributed by atoms with Gasteiger partial charge in [-0.3, -0.25) is 4.90 Å². The molecule has 1 aliphatic heterocycles. The van der Waals surface area contributed by atoms with Crippen molar-refractivity contribution < 1.29 is 17.6 Å². The van der Waals surface area contributed by atoms with Crippen LogP contribution in [0.1, 0.15) is 38.3 Å². The molecule has 1 unspecified atom stereocenters. The van der Waals surface area contributed by atoms with Gasteiger partial charge in [-0.1, -0.05) is 11.6 Å². The second kappa shape index (κ2) is 6.46. The van der Waals surface area contributed by atoms with E-state index in [1.54, 1.807) is 0 Å². The van der Waals surface area contributed by atoms with Gasteiger partial charge in [-0.25, -0.2) is 17.6 Å². The molecular formula is C17H21ClF4N2. The molecular weight excluding hydrogens is 344 g/mol. The third kappa shape index (κ3) is 3.41. The van der Waals surface area contributed by atoms with Crippen molar-refractivity contribution in [3.63, 3.8) is 0 Å². The Labute approximate surface area is 144 Å². The second-order valence-electron chi connectivity index (χ2n) is 7.11. The molecule has 0 bridgehead atoms. The molecule has 2 nitrogen and oxygen atoms in total. The Bertz CT molecular complexity index is 617. The molecule has 0 radical (unpaired) electrons. The molecule has 2 aliphatic rings. The van der Waals surface area contributed by atoms with Gasteiger partial charge in [-0.15, -0.1) is 0 Å². The van der Waals surface area contributed by atoms with Gasteiger partial charge in [0.25, 0.3) is 0 Å². The first-order valence-corrected chi connectivity index (χ1v) is 8.57. The lowest BCUT2D eigenvalue weighted by molar-refractivity contribution is -0.138. The zero-order valence-electron chi connectivity index (χ0n) is 13.6. The fourth-order valence-corrected chi connectivity index (χ4v) is 3.99. The average molecular weight is 365 g/mol. The summed E-state index contributed by atoms with van der Waals surface area (Å²) < 4.78 is 55.3. The molecule has 24 heavy (non-hydrogen) atoms. The second-order valence-corrected chi connectivity index (χ2v) is 7.52. The normalized spacial score (nSPS) is 29.3. The zero-order chi connectivity index (χ0) is 17.6. The first kappa shape index (κ1) is 18.0. The summed E-state index contributed by atoms with van der Waals surface area (Å²) in [5.41, 5.74) is 0.123. The number of hydrogen-bond acceptors (Lipinski definition) is 2. The van der Waals surface area contributed by atoms with Crippen LogP contribution in [0.4, 0.5) is 17.6 Å². The van der Waals surface area contributed by atoms with E-state index in [2.05, 4.69) is 5.32 Å². The Balaban J connectivity index is 1.98. The quantitative estimate of drug-likeness (QED) is 0.632. The van der Waals surface area contributed by atoms with Gasteiger partial charge in [-0.05, 0) is 31.9 Å². The van der Waals surface area contributed by atoms with Crippen LogP contribution >= 0.6 is 11.6 Å². The maximum atomic E-state index is 14.5. The fraction of sp³-hybridized carbons (Fsp3) is 0.647. The molecule has 1 aliphatic carbocycles. The SMILES string of the molecule is C[C@@H]1CN[C@@H](C)CN1C(c1cc(F)c(Cl)cc1F)C1CC(F)(F)C1. The largest absolute Gasteiger partial charge is 0.311 e. The lowest BCUT2D eigenvalue weighted by Gasteiger charge is -2.49. The van der Waals surface area contributed by atoms with E-state index in [9.17, 15) is 17.6 Å². The van der Waals surface area contributed by atoms with Crippen molar-refractivity contribution in [3.8, 4) is 0 Å². The average Bonchev–Trinajstić information content (AvgIpc) is 2.46. The van der Waals surface area contributed by atoms with Crippen LogP contribution in [0.25, 0.3) is 0 Å². The highest BCUT2D eigenvalue weighted by Gasteiger charge is 2.51. The van der Waals surface area contributed by atoms with Gasteiger partial charge in [-0.2, -0.15) is 0 Å². The summed E-state index contributed by atoms with van der Waals surface area (Å²) in [7, 11) is 0. The first-order chi connectivity index (χ1) is 11.2. The van der Waals surface area contributed by atoms with Gasteiger partial charge in [0.2, 0.25) is 5.92 Å². The Morgan fingerprint density at radius 3 is 2.50 bits per heavy atom. The molecule has 1 saturated carbocycles. The summed E-state index contributed by atoms with van der Waals surface area (Å²) in [4.78, 5) is 2.02. The van der Waals surface area contributed by atoms with Gasteiger partial charge in [0.05, 0.1) is 5.02 Å². The first-order valence-electron chi connectivity index (χ1n) is 8.19. The molecule has 1 saturated heterocycles. The predicted octanol–water partition coefficient (Wildman–Crippen LogP) is 4.39. The van der Waals surface area contributed by atoms with Crippen LogP contribution in [-0.4, -0.2) is 36.0 Å². The summed E-state index contributed by atoms with van der Waals surface area (Å²) in [6.45, 7) is 5.23. The molecule has 0 aromatic heterocycles. The maximum absolute atomic E-state index is 14.5. The van der Waals surface area contributed by atoms with Crippen LogP contribution in [0.3, 0.4) is 0 Å². The Morgan fingerprint density at radius 1 is 1.21 bits per heavy atom. The van der Waals surface area contributed by atoms with Crippen molar-refractivity contribution in [1.82, 2.24) is 10.2 Å². The Hall–Kier alpha value is -0.850. The Kier molecular flexibility index (Phi) is 4.84. The summed E-state index contributed by atoms with van der Waals surface area (Å²) in [6.07, 6.45) is -0.598. The van der Waals surface area contributed by atoms with E-state index in [0.717, 1.165) is 12.1 Å². The lowest BCUT2D eigenvalue weighted by Crippen LogP contribution is -2.58. The molecule has 0 amide bonds. The van der Waals surface area contributed by atoms with E-state index >= 15 is 0 Å². The van der Waals surface area contributed by atoms with Gasteiger partial charge in [0.1, 0.15) is 11.6 Å². The number of rotatable bonds is 3. The molecule has 7 heteroatoms. The lowest BCUT2D eigenvalue weighted by atomic mass is 9.73. The third-order valence-electron chi connectivity index (χ3n) is 5.10. The minimum atomic E-state index is -2.72. The van der Waals surface area contributed by atoms with Crippen molar-refractivity contribution in [3.05, 3.63) is 34.4 Å². The van der Waals surface area contributed by atoms with E-state index < -0.39 is 29.5 Å². The van der Waals surface area contributed by atoms with Crippen molar-refractivity contribution in [2.24, 2.45) is 5.92 Å². The number of nitrogens with one attached hydrogen (secondary N) is 1. The smallest absolute Gasteiger partial charge is 0.248 e. The molecule has 1 heterocycles. The van der Waals surface area contributed by atoms with E-state index in [4.69, 9.17) is 11.6 Å². The van der Waals surface area contributed by atoms with Crippen molar-refractivity contribution in [2.75, 3.05) is 13.1 Å². The van der Waals surface area contributed by atoms with Crippen LogP contribution in [0, 0.1) is 17.6 Å². The molecule has 3 rings (SSSR count). The van der Waals surface area contributed by atoms with Crippen LogP contribution in [0.5, 0.6) is 0 Å². The van der Waals surface area contributed by atoms with Gasteiger partial charge >= 0.3 is 0 Å². The zero-order valence-corrected chi connectivity index (χ0v) is 14.4. The monoisotopic (exact) mass is 364 g/mol. The van der Waals surface area contributed by atoms with Crippen molar-refractivity contribution in [1.29, 1.82) is 0 Å². The number of benzene rings is 1. The highest BCUT2D eigenvalue weighted by molar-refractivity contribution is 6.30. The maximum Gasteiger partial charge on any atom is 0.248 e. The summed E-state index contributed by atoms with van der Waals surface area (Å²) in [6, 6.07) is 1.63. The summed E-state index contributed by atoms with van der Waals surface area (Å²) in [5.74, 6) is -4.48. The predicted molar refractivity (Wildman–Crippen MR) is 85.4 cm³/mol.